The first kappa shape index (κ1) is 15.9. The lowest BCUT2D eigenvalue weighted by Crippen LogP contribution is -2.28. The number of thioether (sulfide) groups is 2. The fraction of sp³-hybridized carbons (Fsp3) is 0.385. The summed E-state index contributed by atoms with van der Waals surface area (Å²) < 4.78 is 0. The Morgan fingerprint density at radius 1 is 1.32 bits per heavy atom. The molecule has 1 aromatic rings. The smallest absolute Gasteiger partial charge is 0.316 e. The number of hydrogen-bond donors (Lipinski definition) is 2. The highest BCUT2D eigenvalue weighted by Gasteiger charge is 2.12. The van der Waals surface area contributed by atoms with Gasteiger partial charge in [0.25, 0.3) is 0 Å². The summed E-state index contributed by atoms with van der Waals surface area (Å²) in [6.07, 6.45) is 0. The van der Waals surface area contributed by atoms with Crippen LogP contribution in [0, 0.1) is 0 Å². The lowest BCUT2D eigenvalue weighted by Gasteiger charge is -2.07. The molecule has 0 saturated carbocycles. The van der Waals surface area contributed by atoms with Gasteiger partial charge >= 0.3 is 5.97 Å². The largest absolute Gasteiger partial charge is 0.480 e. The van der Waals surface area contributed by atoms with Gasteiger partial charge in [0.2, 0.25) is 5.91 Å². The molecular weight excluding hydrogens is 282 g/mol. The summed E-state index contributed by atoms with van der Waals surface area (Å²) in [5.41, 5.74) is 0. The van der Waals surface area contributed by atoms with Crippen LogP contribution in [0.2, 0.25) is 0 Å². The highest BCUT2D eigenvalue weighted by molar-refractivity contribution is 8.01. The molecule has 19 heavy (non-hydrogen) atoms. The molecule has 1 aromatic carbocycles. The molecule has 0 aliphatic heterocycles. The minimum atomic E-state index is -0.891. The van der Waals surface area contributed by atoms with Crippen molar-refractivity contribution in [3.8, 4) is 0 Å². The number of aliphatic carboxylic acids is 1. The Kier molecular flexibility index (Phi) is 7.43. The molecule has 0 spiro atoms. The Labute approximate surface area is 121 Å². The van der Waals surface area contributed by atoms with Gasteiger partial charge in [0, 0.05) is 17.2 Å². The SMILES string of the molecule is CC(SCC(=O)NCCSc1ccccc1)C(=O)O. The predicted octanol–water partition coefficient (Wildman–Crippen LogP) is 2.10. The van der Waals surface area contributed by atoms with Gasteiger partial charge in [-0.1, -0.05) is 18.2 Å². The number of carbonyl (C=O) groups is 2. The second-order valence-corrected chi connectivity index (χ2v) is 6.30. The molecular formula is C13H17NO3S2. The van der Waals surface area contributed by atoms with Crippen molar-refractivity contribution < 1.29 is 14.7 Å². The Morgan fingerprint density at radius 2 is 2.00 bits per heavy atom. The van der Waals surface area contributed by atoms with E-state index in [0.717, 1.165) is 17.5 Å². The molecule has 1 unspecified atom stereocenters. The second-order valence-electron chi connectivity index (χ2n) is 3.80. The van der Waals surface area contributed by atoms with Crippen molar-refractivity contribution in [3.05, 3.63) is 30.3 Å². The van der Waals surface area contributed by atoms with E-state index in [-0.39, 0.29) is 11.7 Å². The molecule has 2 N–H and O–H groups in total. The monoisotopic (exact) mass is 299 g/mol. The van der Waals surface area contributed by atoms with Gasteiger partial charge in [-0.25, -0.2) is 0 Å². The standard InChI is InChI=1S/C13H17NO3S2/c1-10(13(16)17)19-9-12(15)14-7-8-18-11-5-3-2-4-6-11/h2-6,10H,7-9H2,1H3,(H,14,15)(H,16,17). The zero-order chi connectivity index (χ0) is 14.1. The molecule has 0 aromatic heterocycles. The zero-order valence-corrected chi connectivity index (χ0v) is 12.3. The van der Waals surface area contributed by atoms with Crippen LogP contribution in [0.3, 0.4) is 0 Å². The molecule has 0 saturated heterocycles. The number of carboxylic acid groups (broad SMARTS) is 1. The van der Waals surface area contributed by atoms with E-state index in [0.29, 0.717) is 6.54 Å². The lowest BCUT2D eigenvalue weighted by molar-refractivity contribution is -0.136. The van der Waals surface area contributed by atoms with Gasteiger partial charge in [-0.05, 0) is 19.1 Å². The van der Waals surface area contributed by atoms with Crippen LogP contribution in [0.5, 0.6) is 0 Å². The average Bonchev–Trinajstić information content (AvgIpc) is 2.42. The number of amides is 1. The molecule has 0 radical (unpaired) electrons. The zero-order valence-electron chi connectivity index (χ0n) is 10.7. The van der Waals surface area contributed by atoms with Crippen LogP contribution in [0.25, 0.3) is 0 Å². The van der Waals surface area contributed by atoms with E-state index in [4.69, 9.17) is 5.11 Å². The maximum absolute atomic E-state index is 11.4. The van der Waals surface area contributed by atoms with Crippen LogP contribution in [-0.4, -0.2) is 40.3 Å². The summed E-state index contributed by atoms with van der Waals surface area (Å²) in [4.78, 5) is 23.2. The van der Waals surface area contributed by atoms with Crippen LogP contribution in [0.4, 0.5) is 0 Å². The molecule has 6 heteroatoms. The van der Waals surface area contributed by atoms with Gasteiger partial charge in [0.05, 0.1) is 11.0 Å². The average molecular weight is 299 g/mol. The van der Waals surface area contributed by atoms with Crippen molar-refractivity contribution >= 4 is 35.4 Å². The molecule has 4 nitrogen and oxygen atoms in total. The van der Waals surface area contributed by atoms with Gasteiger partial charge in [0.15, 0.2) is 0 Å². The van der Waals surface area contributed by atoms with E-state index in [1.165, 1.54) is 4.90 Å². The number of carboxylic acids is 1. The summed E-state index contributed by atoms with van der Waals surface area (Å²) in [5.74, 6) is -0.0255. The normalized spacial score (nSPS) is 11.8. The van der Waals surface area contributed by atoms with Gasteiger partial charge in [-0.15, -0.1) is 23.5 Å². The third kappa shape index (κ3) is 7.12. The fourth-order valence-electron chi connectivity index (χ4n) is 1.20. The number of rotatable bonds is 8. The van der Waals surface area contributed by atoms with Gasteiger partial charge < -0.3 is 10.4 Å². The molecule has 104 valence electrons. The first-order valence-electron chi connectivity index (χ1n) is 5.88. The number of benzene rings is 1. The summed E-state index contributed by atoms with van der Waals surface area (Å²) in [6, 6.07) is 9.97. The quantitative estimate of drug-likeness (QED) is 0.568. The van der Waals surface area contributed by atoms with Crippen molar-refractivity contribution in [3.63, 3.8) is 0 Å². The van der Waals surface area contributed by atoms with Gasteiger partial charge in [0.1, 0.15) is 0 Å². The Morgan fingerprint density at radius 3 is 2.63 bits per heavy atom. The minimum Gasteiger partial charge on any atom is -0.480 e. The molecule has 1 rings (SSSR count). The lowest BCUT2D eigenvalue weighted by atomic mass is 10.4. The second kappa shape index (κ2) is 8.87. The minimum absolute atomic E-state index is 0.119. The topological polar surface area (TPSA) is 66.4 Å². The Hall–Kier alpha value is -1.14. The molecule has 0 aliphatic carbocycles. The van der Waals surface area contributed by atoms with Crippen molar-refractivity contribution in [2.24, 2.45) is 0 Å². The van der Waals surface area contributed by atoms with Crippen molar-refractivity contribution in [1.29, 1.82) is 0 Å². The van der Waals surface area contributed by atoms with Crippen molar-refractivity contribution in [1.82, 2.24) is 5.32 Å². The Balaban J connectivity index is 2.09. The van der Waals surface area contributed by atoms with Gasteiger partial charge in [-0.3, -0.25) is 9.59 Å². The van der Waals surface area contributed by atoms with E-state index < -0.39 is 11.2 Å². The van der Waals surface area contributed by atoms with E-state index in [1.54, 1.807) is 18.7 Å². The number of nitrogens with one attached hydrogen (secondary N) is 1. The summed E-state index contributed by atoms with van der Waals surface area (Å²) in [6.45, 7) is 2.16. The highest BCUT2D eigenvalue weighted by atomic mass is 32.2. The van der Waals surface area contributed by atoms with Crippen LogP contribution in [-0.2, 0) is 9.59 Å². The van der Waals surface area contributed by atoms with Crippen molar-refractivity contribution in [2.45, 2.75) is 17.1 Å². The van der Waals surface area contributed by atoms with Crippen LogP contribution < -0.4 is 5.32 Å². The summed E-state index contributed by atoms with van der Waals surface area (Å²) >= 11 is 2.80. The molecule has 1 atom stereocenters. The van der Waals surface area contributed by atoms with Gasteiger partial charge in [-0.2, -0.15) is 0 Å². The van der Waals surface area contributed by atoms with E-state index in [1.807, 2.05) is 30.3 Å². The van der Waals surface area contributed by atoms with Crippen LogP contribution >= 0.6 is 23.5 Å². The first-order valence-corrected chi connectivity index (χ1v) is 7.92. The number of carbonyl (C=O) groups excluding carboxylic acids is 1. The van der Waals surface area contributed by atoms with Crippen LogP contribution in [0.15, 0.2) is 35.2 Å². The van der Waals surface area contributed by atoms with E-state index >= 15 is 0 Å². The molecule has 1 amide bonds. The predicted molar refractivity (Wildman–Crippen MR) is 79.7 cm³/mol. The maximum Gasteiger partial charge on any atom is 0.316 e. The Bertz CT molecular complexity index is 412. The van der Waals surface area contributed by atoms with Crippen molar-refractivity contribution in [2.75, 3.05) is 18.1 Å². The first-order chi connectivity index (χ1) is 9.09. The third-order valence-electron chi connectivity index (χ3n) is 2.25. The van der Waals surface area contributed by atoms with E-state index in [9.17, 15) is 9.59 Å². The van der Waals surface area contributed by atoms with Crippen LogP contribution in [0.1, 0.15) is 6.92 Å². The van der Waals surface area contributed by atoms with E-state index in [2.05, 4.69) is 5.32 Å². The summed E-state index contributed by atoms with van der Waals surface area (Å²) in [7, 11) is 0. The third-order valence-corrected chi connectivity index (χ3v) is 4.39. The number of hydrogen-bond acceptors (Lipinski definition) is 4. The molecule has 0 bridgehead atoms. The summed E-state index contributed by atoms with van der Waals surface area (Å²) in [5, 5.41) is 10.9. The fourth-order valence-corrected chi connectivity index (χ4v) is 2.63. The highest BCUT2D eigenvalue weighted by Crippen LogP contribution is 2.15. The molecule has 0 aliphatic rings. The maximum atomic E-state index is 11.4. The molecule has 0 fully saturated rings. The molecule has 0 heterocycles.